The highest BCUT2D eigenvalue weighted by Crippen LogP contribution is 2.33. The van der Waals surface area contributed by atoms with Crippen molar-refractivity contribution in [2.75, 3.05) is 23.0 Å². The standard InChI is InChI=1S/C22H17F5N6O2/c23-15-3-2-12(22(25,26)27)8-18(15)32-21(35)31-17-4-1-11(7-16(17)24)14-9-13(5-6-34)33-19(14)20(28)29-10-30-33/h1-4,7-10,34H,5-6H2,(H2,28,29,30)(H2,31,32,35). The van der Waals surface area contributed by atoms with Gasteiger partial charge in [0.05, 0.1) is 16.9 Å². The van der Waals surface area contributed by atoms with Gasteiger partial charge in [0.25, 0.3) is 0 Å². The van der Waals surface area contributed by atoms with Crippen LogP contribution in [0.4, 0.5) is 43.9 Å². The summed E-state index contributed by atoms with van der Waals surface area (Å²) in [4.78, 5) is 16.1. The number of halogens is 5. The fourth-order valence-electron chi connectivity index (χ4n) is 3.50. The van der Waals surface area contributed by atoms with Gasteiger partial charge in [0.1, 0.15) is 23.5 Å². The van der Waals surface area contributed by atoms with E-state index < -0.39 is 35.1 Å². The monoisotopic (exact) mass is 492 g/mol. The molecule has 0 aliphatic carbocycles. The van der Waals surface area contributed by atoms with Gasteiger partial charge in [0.2, 0.25) is 0 Å². The van der Waals surface area contributed by atoms with Crippen LogP contribution >= 0.6 is 0 Å². The van der Waals surface area contributed by atoms with Crippen LogP contribution < -0.4 is 16.4 Å². The van der Waals surface area contributed by atoms with Crippen molar-refractivity contribution in [1.82, 2.24) is 14.6 Å². The third kappa shape index (κ3) is 4.84. The number of rotatable bonds is 5. The Hall–Kier alpha value is -4.26. The number of amides is 2. The van der Waals surface area contributed by atoms with Crippen LogP contribution in [-0.4, -0.2) is 32.3 Å². The Labute approximate surface area is 194 Å². The lowest BCUT2D eigenvalue weighted by atomic mass is 10.1. The summed E-state index contributed by atoms with van der Waals surface area (Å²) < 4.78 is 68.7. The lowest BCUT2D eigenvalue weighted by Gasteiger charge is -2.12. The van der Waals surface area contributed by atoms with Crippen LogP contribution in [0.5, 0.6) is 0 Å². The van der Waals surface area contributed by atoms with Crippen molar-refractivity contribution >= 4 is 28.7 Å². The number of nitrogens with two attached hydrogens (primary N) is 1. The fraction of sp³-hybridized carbons (Fsp3) is 0.136. The molecule has 35 heavy (non-hydrogen) atoms. The number of alkyl halides is 3. The van der Waals surface area contributed by atoms with Crippen LogP contribution in [0, 0.1) is 11.6 Å². The molecule has 2 amide bonds. The molecule has 4 aromatic rings. The number of fused-ring (bicyclic) bond motifs is 1. The van der Waals surface area contributed by atoms with Gasteiger partial charge in [0, 0.05) is 24.3 Å². The van der Waals surface area contributed by atoms with Gasteiger partial charge in [-0.1, -0.05) is 6.07 Å². The molecule has 0 aliphatic rings. The molecule has 0 spiro atoms. The minimum absolute atomic E-state index is 0.129. The van der Waals surface area contributed by atoms with Gasteiger partial charge in [-0.25, -0.2) is 23.1 Å². The number of aliphatic hydroxyl groups is 1. The molecule has 0 saturated carbocycles. The number of benzene rings is 2. The molecule has 0 atom stereocenters. The summed E-state index contributed by atoms with van der Waals surface area (Å²) in [6.45, 7) is -0.158. The van der Waals surface area contributed by atoms with E-state index in [2.05, 4.69) is 15.4 Å². The zero-order chi connectivity index (χ0) is 25.3. The molecule has 8 nitrogen and oxygen atoms in total. The number of carbonyl (C=O) groups excluding carboxylic acids is 1. The molecule has 4 rings (SSSR count). The molecule has 0 aliphatic heterocycles. The molecule has 0 radical (unpaired) electrons. The first-order chi connectivity index (χ1) is 16.6. The number of nitrogens with one attached hydrogen (secondary N) is 2. The van der Waals surface area contributed by atoms with E-state index in [0.29, 0.717) is 40.5 Å². The third-order valence-corrected chi connectivity index (χ3v) is 5.09. The third-order valence-electron chi connectivity index (χ3n) is 5.09. The number of nitrogen functional groups attached to an aromatic ring is 1. The van der Waals surface area contributed by atoms with E-state index in [-0.39, 0.29) is 24.5 Å². The molecule has 13 heteroatoms. The van der Waals surface area contributed by atoms with Crippen molar-refractivity contribution in [3.63, 3.8) is 0 Å². The van der Waals surface area contributed by atoms with E-state index in [4.69, 9.17) is 5.73 Å². The average molecular weight is 492 g/mol. The maximum atomic E-state index is 14.8. The van der Waals surface area contributed by atoms with Gasteiger partial charge < -0.3 is 21.5 Å². The minimum Gasteiger partial charge on any atom is -0.396 e. The van der Waals surface area contributed by atoms with E-state index in [1.54, 1.807) is 6.07 Å². The van der Waals surface area contributed by atoms with Crippen molar-refractivity contribution < 1.29 is 31.9 Å². The van der Waals surface area contributed by atoms with Crippen molar-refractivity contribution in [1.29, 1.82) is 0 Å². The fourth-order valence-corrected chi connectivity index (χ4v) is 3.50. The van der Waals surface area contributed by atoms with Gasteiger partial charge in [-0.2, -0.15) is 18.3 Å². The molecular weight excluding hydrogens is 475 g/mol. The molecule has 0 unspecified atom stereocenters. The largest absolute Gasteiger partial charge is 0.416 e. The Balaban J connectivity index is 1.59. The van der Waals surface area contributed by atoms with Crippen molar-refractivity contribution in [2.45, 2.75) is 12.6 Å². The first-order valence-corrected chi connectivity index (χ1v) is 10.0. The first kappa shape index (κ1) is 23.9. The van der Waals surface area contributed by atoms with Gasteiger partial charge in [-0.3, -0.25) is 0 Å². The van der Waals surface area contributed by atoms with E-state index in [0.717, 1.165) is 6.07 Å². The summed E-state index contributed by atoms with van der Waals surface area (Å²) in [5, 5.41) is 17.5. The lowest BCUT2D eigenvalue weighted by molar-refractivity contribution is -0.137. The van der Waals surface area contributed by atoms with Crippen molar-refractivity contribution in [3.8, 4) is 11.1 Å². The lowest BCUT2D eigenvalue weighted by Crippen LogP contribution is -2.21. The van der Waals surface area contributed by atoms with Crippen LogP contribution in [-0.2, 0) is 12.6 Å². The number of nitrogens with zero attached hydrogens (tertiary/aromatic N) is 3. The van der Waals surface area contributed by atoms with Crippen LogP contribution in [0.3, 0.4) is 0 Å². The molecule has 0 fully saturated rings. The highest BCUT2D eigenvalue weighted by atomic mass is 19.4. The predicted octanol–water partition coefficient (Wildman–Crippen LogP) is 4.45. The van der Waals surface area contributed by atoms with Crippen LogP contribution in [0.2, 0.25) is 0 Å². The van der Waals surface area contributed by atoms with E-state index in [9.17, 15) is 31.9 Å². The van der Waals surface area contributed by atoms with Crippen molar-refractivity contribution in [2.24, 2.45) is 0 Å². The molecule has 182 valence electrons. The second-order valence-electron chi connectivity index (χ2n) is 7.39. The Kier molecular flexibility index (Phi) is 6.26. The van der Waals surface area contributed by atoms with Gasteiger partial charge in [-0.05, 0) is 42.0 Å². The molecule has 5 N–H and O–H groups in total. The quantitative estimate of drug-likeness (QED) is 0.307. The maximum absolute atomic E-state index is 14.8. The van der Waals surface area contributed by atoms with Crippen molar-refractivity contribution in [3.05, 3.63) is 71.7 Å². The SMILES string of the molecule is Nc1ncnn2c(CCO)cc(-c3ccc(NC(=O)Nc4cc(C(F)(F)F)ccc4F)c(F)c3)c12. The first-order valence-electron chi connectivity index (χ1n) is 10.0. The minimum atomic E-state index is -4.74. The number of hydrogen-bond acceptors (Lipinski definition) is 5. The number of hydrogen-bond donors (Lipinski definition) is 4. The van der Waals surface area contributed by atoms with Crippen LogP contribution in [0.15, 0.2) is 48.8 Å². The zero-order valence-corrected chi connectivity index (χ0v) is 17.7. The zero-order valence-electron chi connectivity index (χ0n) is 17.7. The van der Waals surface area contributed by atoms with Gasteiger partial charge in [0.15, 0.2) is 5.82 Å². The summed E-state index contributed by atoms with van der Waals surface area (Å²) in [7, 11) is 0. The maximum Gasteiger partial charge on any atom is 0.416 e. The second kappa shape index (κ2) is 9.18. The van der Waals surface area contributed by atoms with Crippen LogP contribution in [0.1, 0.15) is 11.3 Å². The molecular formula is C22H17F5N6O2. The molecule has 2 heterocycles. The number of urea groups is 1. The number of carbonyl (C=O) groups is 1. The summed E-state index contributed by atoms with van der Waals surface area (Å²) in [6, 6.07) is 5.85. The Morgan fingerprint density at radius 2 is 1.77 bits per heavy atom. The Bertz CT molecular complexity index is 1420. The van der Waals surface area contributed by atoms with E-state index in [1.807, 2.05) is 5.32 Å². The highest BCUT2D eigenvalue weighted by molar-refractivity contribution is 6.00. The van der Waals surface area contributed by atoms with Gasteiger partial charge >= 0.3 is 12.2 Å². The van der Waals surface area contributed by atoms with Crippen LogP contribution in [0.25, 0.3) is 16.6 Å². The average Bonchev–Trinajstić information content (AvgIpc) is 3.16. The number of aromatic nitrogens is 3. The summed E-state index contributed by atoms with van der Waals surface area (Å²) in [6.07, 6.45) is -3.24. The number of anilines is 3. The summed E-state index contributed by atoms with van der Waals surface area (Å²) in [5.74, 6) is -1.84. The Morgan fingerprint density at radius 3 is 2.46 bits per heavy atom. The molecule has 0 bridgehead atoms. The van der Waals surface area contributed by atoms with E-state index in [1.165, 1.54) is 23.0 Å². The molecule has 0 saturated heterocycles. The smallest absolute Gasteiger partial charge is 0.396 e. The molecule has 2 aromatic carbocycles. The normalized spacial score (nSPS) is 11.6. The second-order valence-corrected chi connectivity index (χ2v) is 7.39. The highest BCUT2D eigenvalue weighted by Gasteiger charge is 2.31. The summed E-state index contributed by atoms with van der Waals surface area (Å²) >= 11 is 0. The predicted molar refractivity (Wildman–Crippen MR) is 118 cm³/mol. The molecule has 2 aromatic heterocycles. The summed E-state index contributed by atoms with van der Waals surface area (Å²) in [5.41, 5.74) is 5.63. The Morgan fingerprint density at radius 1 is 1.03 bits per heavy atom. The van der Waals surface area contributed by atoms with Gasteiger partial charge in [-0.15, -0.1) is 0 Å². The van der Waals surface area contributed by atoms with E-state index >= 15 is 0 Å². The topological polar surface area (TPSA) is 118 Å². The number of aliphatic hydroxyl groups excluding tert-OH is 1.